The Morgan fingerprint density at radius 1 is 1.16 bits per heavy atom. The third kappa shape index (κ3) is 3.65. The van der Waals surface area contributed by atoms with E-state index in [0.29, 0.717) is 23.0 Å². The molecule has 0 saturated heterocycles. The van der Waals surface area contributed by atoms with Crippen LogP contribution in [0.4, 0.5) is 0 Å². The lowest BCUT2D eigenvalue weighted by Gasteiger charge is -2.15. The second-order valence-electron chi connectivity index (χ2n) is 3.68. The number of rotatable bonds is 7. The van der Waals surface area contributed by atoms with Gasteiger partial charge in [0.25, 0.3) is 0 Å². The summed E-state index contributed by atoms with van der Waals surface area (Å²) >= 11 is 0. The number of primary amides is 1. The third-order valence-electron chi connectivity index (χ3n) is 2.43. The molecule has 0 bridgehead atoms. The standard InChI is InChI=1S/C12H18N2O5/c1-16-9-4-7(19-6-8(13)12(14)15)5-10(17-2)11(9)18-3/h4-5,8H,6,13H2,1-3H3,(H2,14,15). The molecule has 0 saturated carbocycles. The Morgan fingerprint density at radius 3 is 2.05 bits per heavy atom. The number of ether oxygens (including phenoxy) is 4. The number of benzene rings is 1. The van der Waals surface area contributed by atoms with Gasteiger partial charge in [0, 0.05) is 12.1 Å². The Bertz CT molecular complexity index is 425. The smallest absolute Gasteiger partial charge is 0.237 e. The van der Waals surface area contributed by atoms with Crippen molar-refractivity contribution < 1.29 is 23.7 Å². The number of hydrogen-bond donors (Lipinski definition) is 2. The highest BCUT2D eigenvalue weighted by molar-refractivity contribution is 5.79. The van der Waals surface area contributed by atoms with Gasteiger partial charge in [0.15, 0.2) is 11.5 Å². The molecule has 0 aromatic heterocycles. The van der Waals surface area contributed by atoms with E-state index in [2.05, 4.69) is 0 Å². The molecule has 0 spiro atoms. The van der Waals surface area contributed by atoms with Crippen LogP contribution >= 0.6 is 0 Å². The summed E-state index contributed by atoms with van der Waals surface area (Å²) in [5.41, 5.74) is 10.5. The third-order valence-corrected chi connectivity index (χ3v) is 2.43. The van der Waals surface area contributed by atoms with Crippen molar-refractivity contribution in [3.63, 3.8) is 0 Å². The first-order chi connectivity index (χ1) is 9.03. The molecule has 1 aromatic carbocycles. The molecule has 7 nitrogen and oxygen atoms in total. The van der Waals surface area contributed by atoms with Crippen LogP contribution in [0.3, 0.4) is 0 Å². The molecule has 1 atom stereocenters. The van der Waals surface area contributed by atoms with E-state index in [1.165, 1.54) is 21.3 Å². The summed E-state index contributed by atoms with van der Waals surface area (Å²) in [6, 6.07) is 2.34. The largest absolute Gasteiger partial charge is 0.493 e. The zero-order valence-electron chi connectivity index (χ0n) is 11.1. The van der Waals surface area contributed by atoms with Crippen molar-refractivity contribution >= 4 is 5.91 Å². The zero-order valence-corrected chi connectivity index (χ0v) is 11.1. The quantitative estimate of drug-likeness (QED) is 0.717. The maximum absolute atomic E-state index is 10.8. The molecule has 7 heteroatoms. The van der Waals surface area contributed by atoms with E-state index in [0.717, 1.165) is 0 Å². The van der Waals surface area contributed by atoms with E-state index < -0.39 is 11.9 Å². The molecule has 1 amide bonds. The molecule has 4 N–H and O–H groups in total. The molecule has 0 radical (unpaired) electrons. The second-order valence-corrected chi connectivity index (χ2v) is 3.68. The molecule has 0 aliphatic heterocycles. The van der Waals surface area contributed by atoms with Crippen LogP contribution < -0.4 is 30.4 Å². The van der Waals surface area contributed by atoms with E-state index in [-0.39, 0.29) is 6.61 Å². The average Bonchev–Trinajstić information content (AvgIpc) is 2.42. The van der Waals surface area contributed by atoms with Crippen LogP contribution in [0, 0.1) is 0 Å². The van der Waals surface area contributed by atoms with Crippen molar-refractivity contribution in [2.24, 2.45) is 11.5 Å². The van der Waals surface area contributed by atoms with Crippen molar-refractivity contribution in [2.45, 2.75) is 6.04 Å². The molecule has 19 heavy (non-hydrogen) atoms. The van der Waals surface area contributed by atoms with Gasteiger partial charge in [0.1, 0.15) is 18.4 Å². The van der Waals surface area contributed by atoms with Crippen molar-refractivity contribution in [1.82, 2.24) is 0 Å². The highest BCUT2D eigenvalue weighted by atomic mass is 16.5. The Kier molecular flexibility index (Phi) is 5.25. The number of amides is 1. The van der Waals surface area contributed by atoms with Gasteiger partial charge in [-0.15, -0.1) is 0 Å². The van der Waals surface area contributed by atoms with Gasteiger partial charge in [-0.2, -0.15) is 0 Å². The molecule has 1 unspecified atom stereocenters. The monoisotopic (exact) mass is 270 g/mol. The predicted octanol–water partition coefficient (Wildman–Crippen LogP) is -0.0962. The van der Waals surface area contributed by atoms with Gasteiger partial charge in [-0.05, 0) is 0 Å². The number of carbonyl (C=O) groups is 1. The van der Waals surface area contributed by atoms with Crippen LogP contribution in [0.1, 0.15) is 0 Å². The molecule has 0 heterocycles. The number of nitrogens with two attached hydrogens (primary N) is 2. The second kappa shape index (κ2) is 6.69. The van der Waals surface area contributed by atoms with E-state index in [1.54, 1.807) is 12.1 Å². The van der Waals surface area contributed by atoms with E-state index in [4.69, 9.17) is 30.4 Å². The Morgan fingerprint density at radius 2 is 1.68 bits per heavy atom. The normalized spacial score (nSPS) is 11.6. The van der Waals surface area contributed by atoms with Gasteiger partial charge in [0.2, 0.25) is 11.7 Å². The fourth-order valence-corrected chi connectivity index (χ4v) is 1.41. The molecule has 0 fully saturated rings. The Hall–Kier alpha value is -2.15. The summed E-state index contributed by atoms with van der Waals surface area (Å²) in [6.45, 7) is -0.0338. The van der Waals surface area contributed by atoms with Crippen LogP contribution in [0.5, 0.6) is 23.0 Å². The van der Waals surface area contributed by atoms with E-state index in [1.807, 2.05) is 0 Å². The first-order valence-corrected chi connectivity index (χ1v) is 5.51. The topological polar surface area (TPSA) is 106 Å². The van der Waals surface area contributed by atoms with Crippen LogP contribution in [0.2, 0.25) is 0 Å². The van der Waals surface area contributed by atoms with Gasteiger partial charge in [-0.1, -0.05) is 0 Å². The Labute approximate surface area is 111 Å². The minimum absolute atomic E-state index is 0.0338. The molecular formula is C12H18N2O5. The van der Waals surface area contributed by atoms with Crippen molar-refractivity contribution in [3.8, 4) is 23.0 Å². The summed E-state index contributed by atoms with van der Waals surface area (Å²) < 4.78 is 20.9. The number of methoxy groups -OCH3 is 3. The van der Waals surface area contributed by atoms with E-state index >= 15 is 0 Å². The van der Waals surface area contributed by atoms with Gasteiger partial charge < -0.3 is 30.4 Å². The lowest BCUT2D eigenvalue weighted by atomic mass is 10.2. The number of carbonyl (C=O) groups excluding carboxylic acids is 1. The molecule has 0 aliphatic rings. The van der Waals surface area contributed by atoms with Gasteiger partial charge in [0.05, 0.1) is 21.3 Å². The lowest BCUT2D eigenvalue weighted by molar-refractivity contribution is -0.119. The SMILES string of the molecule is COc1cc(OCC(N)C(N)=O)cc(OC)c1OC. The van der Waals surface area contributed by atoms with Crippen LogP contribution in [0.15, 0.2) is 12.1 Å². The minimum atomic E-state index is -0.876. The summed E-state index contributed by atoms with van der Waals surface area (Å²) in [6.07, 6.45) is 0. The molecular weight excluding hydrogens is 252 g/mol. The minimum Gasteiger partial charge on any atom is -0.493 e. The van der Waals surface area contributed by atoms with Gasteiger partial charge in [-0.3, -0.25) is 4.79 Å². The van der Waals surface area contributed by atoms with Crippen LogP contribution in [-0.2, 0) is 4.79 Å². The van der Waals surface area contributed by atoms with Crippen LogP contribution in [0.25, 0.3) is 0 Å². The highest BCUT2D eigenvalue weighted by Gasteiger charge is 2.15. The summed E-state index contributed by atoms with van der Waals surface area (Å²) in [5, 5.41) is 0. The van der Waals surface area contributed by atoms with E-state index in [9.17, 15) is 4.79 Å². The van der Waals surface area contributed by atoms with Gasteiger partial charge >= 0.3 is 0 Å². The first-order valence-electron chi connectivity index (χ1n) is 5.51. The number of hydrogen-bond acceptors (Lipinski definition) is 6. The highest BCUT2D eigenvalue weighted by Crippen LogP contribution is 2.40. The lowest BCUT2D eigenvalue weighted by Crippen LogP contribution is -2.41. The van der Waals surface area contributed by atoms with Crippen LogP contribution in [-0.4, -0.2) is 39.9 Å². The average molecular weight is 270 g/mol. The van der Waals surface area contributed by atoms with Crippen molar-refractivity contribution in [3.05, 3.63) is 12.1 Å². The maximum atomic E-state index is 10.8. The van der Waals surface area contributed by atoms with Gasteiger partial charge in [-0.25, -0.2) is 0 Å². The summed E-state index contributed by atoms with van der Waals surface area (Å²) in [7, 11) is 4.50. The fourth-order valence-electron chi connectivity index (χ4n) is 1.41. The Balaban J connectivity index is 2.93. The molecule has 0 aliphatic carbocycles. The predicted molar refractivity (Wildman–Crippen MR) is 68.8 cm³/mol. The fraction of sp³-hybridized carbons (Fsp3) is 0.417. The summed E-state index contributed by atoms with van der Waals surface area (Å²) in [5.74, 6) is 1.16. The molecule has 1 rings (SSSR count). The molecule has 106 valence electrons. The summed E-state index contributed by atoms with van der Waals surface area (Å²) in [4.78, 5) is 10.8. The first kappa shape index (κ1) is 14.9. The van der Waals surface area contributed by atoms with Crippen molar-refractivity contribution in [1.29, 1.82) is 0 Å². The van der Waals surface area contributed by atoms with Crippen molar-refractivity contribution in [2.75, 3.05) is 27.9 Å². The maximum Gasteiger partial charge on any atom is 0.237 e. The zero-order chi connectivity index (χ0) is 14.4. The molecule has 1 aromatic rings.